The summed E-state index contributed by atoms with van der Waals surface area (Å²) in [6, 6.07) is 26.5. The Hall–Kier alpha value is -2.94. The Morgan fingerprint density at radius 2 is 0.600 bits per heavy atom. The summed E-state index contributed by atoms with van der Waals surface area (Å²) in [7, 11) is 0. The van der Waals surface area contributed by atoms with Crippen LogP contribution >= 0.6 is 0 Å². The molecule has 3 aromatic carbocycles. The summed E-state index contributed by atoms with van der Waals surface area (Å²) < 4.78 is 19.0. The molecule has 0 bridgehead atoms. The third-order valence-electron chi connectivity index (χ3n) is 9.21. The SMILES string of the molecule is c1cc(C(c2ccc(OC3CCCCC3)cc2)c2ccc(OC3CCCCC3)cc2)ccc1OC1CCCCC1. The molecule has 212 valence electrons. The van der Waals surface area contributed by atoms with Crippen LogP contribution in [0.5, 0.6) is 17.2 Å². The second-order valence-corrected chi connectivity index (χ2v) is 12.3. The molecule has 0 unspecified atom stereocenters. The van der Waals surface area contributed by atoms with E-state index in [1.54, 1.807) is 0 Å². The average Bonchev–Trinajstić information content (AvgIpc) is 3.01. The third kappa shape index (κ3) is 7.22. The molecule has 3 saturated carbocycles. The molecule has 0 aromatic heterocycles. The fraction of sp³-hybridized carbons (Fsp3) is 0.514. The maximum absolute atomic E-state index is 6.34. The maximum Gasteiger partial charge on any atom is 0.119 e. The molecule has 0 radical (unpaired) electrons. The van der Waals surface area contributed by atoms with Crippen molar-refractivity contribution in [3.8, 4) is 17.2 Å². The molecule has 0 N–H and O–H groups in total. The summed E-state index contributed by atoms with van der Waals surface area (Å²) in [5, 5.41) is 0. The van der Waals surface area contributed by atoms with E-state index >= 15 is 0 Å². The van der Waals surface area contributed by atoms with Crippen LogP contribution in [0.4, 0.5) is 0 Å². The van der Waals surface area contributed by atoms with Crippen molar-refractivity contribution in [3.63, 3.8) is 0 Å². The minimum atomic E-state index is 0.135. The minimum Gasteiger partial charge on any atom is -0.490 e. The highest BCUT2D eigenvalue weighted by Crippen LogP contribution is 2.36. The largest absolute Gasteiger partial charge is 0.490 e. The predicted octanol–water partition coefficient (Wildman–Crippen LogP) is 10.0. The van der Waals surface area contributed by atoms with E-state index in [0.29, 0.717) is 18.3 Å². The topological polar surface area (TPSA) is 27.7 Å². The van der Waals surface area contributed by atoms with E-state index in [1.807, 2.05) is 0 Å². The van der Waals surface area contributed by atoms with Gasteiger partial charge >= 0.3 is 0 Å². The number of rotatable bonds is 9. The molecule has 0 spiro atoms. The highest BCUT2D eigenvalue weighted by atomic mass is 16.5. The molecule has 0 atom stereocenters. The standard InChI is InChI=1S/C37H46O3/c1-4-10-31(11-5-1)38-34-22-16-28(17-23-34)37(29-18-24-35(25-19-29)39-32-12-6-2-7-13-32)30-20-26-36(27-21-30)40-33-14-8-3-9-15-33/h16-27,31-33,37H,1-15H2. The van der Waals surface area contributed by atoms with Gasteiger partial charge in [-0.05, 0) is 130 Å². The zero-order valence-corrected chi connectivity index (χ0v) is 24.1. The van der Waals surface area contributed by atoms with Crippen LogP contribution in [0.2, 0.25) is 0 Å². The van der Waals surface area contributed by atoms with Crippen molar-refractivity contribution in [2.75, 3.05) is 0 Å². The zero-order chi connectivity index (χ0) is 27.0. The van der Waals surface area contributed by atoms with Crippen molar-refractivity contribution in [1.29, 1.82) is 0 Å². The van der Waals surface area contributed by atoms with Crippen LogP contribution < -0.4 is 14.2 Å². The average molecular weight is 539 g/mol. The molecule has 3 aromatic rings. The molecular formula is C37H46O3. The van der Waals surface area contributed by atoms with Gasteiger partial charge in [-0.1, -0.05) is 55.7 Å². The van der Waals surface area contributed by atoms with Crippen molar-refractivity contribution >= 4 is 0 Å². The van der Waals surface area contributed by atoms with Crippen LogP contribution in [-0.2, 0) is 0 Å². The van der Waals surface area contributed by atoms with Gasteiger partial charge in [0.25, 0.3) is 0 Å². The van der Waals surface area contributed by atoms with Crippen LogP contribution in [0.25, 0.3) is 0 Å². The molecule has 0 heterocycles. The van der Waals surface area contributed by atoms with Gasteiger partial charge in [-0.3, -0.25) is 0 Å². The van der Waals surface area contributed by atoms with Gasteiger partial charge in [-0.2, -0.15) is 0 Å². The van der Waals surface area contributed by atoms with Gasteiger partial charge in [0.05, 0.1) is 18.3 Å². The van der Waals surface area contributed by atoms with Gasteiger partial charge in [0.2, 0.25) is 0 Å². The molecular weight excluding hydrogens is 492 g/mol. The van der Waals surface area contributed by atoms with Gasteiger partial charge in [0.15, 0.2) is 0 Å². The first kappa shape index (κ1) is 27.2. The molecule has 0 saturated heterocycles. The molecule has 3 heteroatoms. The molecule has 3 aliphatic rings. The fourth-order valence-corrected chi connectivity index (χ4v) is 6.92. The van der Waals surface area contributed by atoms with Crippen LogP contribution in [0, 0.1) is 0 Å². The first-order valence-electron chi connectivity index (χ1n) is 16.1. The van der Waals surface area contributed by atoms with Gasteiger partial charge in [-0.15, -0.1) is 0 Å². The first-order valence-corrected chi connectivity index (χ1v) is 16.1. The molecule has 3 aliphatic carbocycles. The van der Waals surface area contributed by atoms with Crippen molar-refractivity contribution in [1.82, 2.24) is 0 Å². The summed E-state index contributed by atoms with van der Waals surface area (Å²) in [6.45, 7) is 0. The maximum atomic E-state index is 6.34. The molecule has 6 rings (SSSR count). The summed E-state index contributed by atoms with van der Waals surface area (Å²) in [5.74, 6) is 3.10. The Kier molecular flexibility index (Phi) is 9.27. The van der Waals surface area contributed by atoms with Crippen LogP contribution in [0.3, 0.4) is 0 Å². The van der Waals surface area contributed by atoms with Crippen molar-refractivity contribution in [2.24, 2.45) is 0 Å². The van der Waals surface area contributed by atoms with Crippen LogP contribution in [0.15, 0.2) is 72.8 Å². The van der Waals surface area contributed by atoms with Crippen molar-refractivity contribution in [3.05, 3.63) is 89.5 Å². The van der Waals surface area contributed by atoms with Crippen molar-refractivity contribution in [2.45, 2.75) is 121 Å². The van der Waals surface area contributed by atoms with Crippen LogP contribution in [-0.4, -0.2) is 18.3 Å². The fourth-order valence-electron chi connectivity index (χ4n) is 6.92. The quantitative estimate of drug-likeness (QED) is 0.254. The van der Waals surface area contributed by atoms with E-state index in [-0.39, 0.29) is 5.92 Å². The molecule has 0 amide bonds. The normalized spacial score (nSPS) is 19.4. The molecule has 3 nitrogen and oxygen atoms in total. The highest BCUT2D eigenvalue weighted by molar-refractivity contribution is 5.47. The zero-order valence-electron chi connectivity index (χ0n) is 24.1. The number of ether oxygens (including phenoxy) is 3. The highest BCUT2D eigenvalue weighted by Gasteiger charge is 2.21. The summed E-state index contributed by atoms with van der Waals surface area (Å²) in [5.41, 5.74) is 3.83. The van der Waals surface area contributed by atoms with Crippen molar-refractivity contribution < 1.29 is 14.2 Å². The van der Waals surface area contributed by atoms with Gasteiger partial charge < -0.3 is 14.2 Å². The van der Waals surface area contributed by atoms with E-state index in [4.69, 9.17) is 14.2 Å². The van der Waals surface area contributed by atoms with E-state index in [2.05, 4.69) is 72.8 Å². The number of benzene rings is 3. The number of hydrogen-bond donors (Lipinski definition) is 0. The Bertz CT molecular complexity index is 999. The molecule has 40 heavy (non-hydrogen) atoms. The van der Waals surface area contributed by atoms with E-state index in [1.165, 1.54) is 113 Å². The lowest BCUT2D eigenvalue weighted by Crippen LogP contribution is -2.19. The summed E-state index contributed by atoms with van der Waals surface area (Å²) in [4.78, 5) is 0. The second kappa shape index (κ2) is 13.6. The lowest BCUT2D eigenvalue weighted by molar-refractivity contribution is 0.155. The Balaban J connectivity index is 1.21. The summed E-state index contributed by atoms with van der Waals surface area (Å²) in [6.07, 6.45) is 19.9. The predicted molar refractivity (Wildman–Crippen MR) is 163 cm³/mol. The van der Waals surface area contributed by atoms with E-state index in [9.17, 15) is 0 Å². The lowest BCUT2D eigenvalue weighted by Gasteiger charge is -2.25. The monoisotopic (exact) mass is 538 g/mol. The summed E-state index contributed by atoms with van der Waals surface area (Å²) >= 11 is 0. The second-order valence-electron chi connectivity index (χ2n) is 12.3. The van der Waals surface area contributed by atoms with E-state index in [0.717, 1.165) is 17.2 Å². The van der Waals surface area contributed by atoms with Crippen LogP contribution in [0.1, 0.15) is 119 Å². The number of hydrogen-bond acceptors (Lipinski definition) is 3. The first-order chi connectivity index (χ1) is 19.8. The molecule has 0 aliphatic heterocycles. The Labute approximate surface area is 241 Å². The Morgan fingerprint density at radius 3 is 0.850 bits per heavy atom. The Morgan fingerprint density at radius 1 is 0.350 bits per heavy atom. The smallest absolute Gasteiger partial charge is 0.119 e. The van der Waals surface area contributed by atoms with Gasteiger partial charge in [0, 0.05) is 5.92 Å². The molecule has 3 fully saturated rings. The minimum absolute atomic E-state index is 0.135. The van der Waals surface area contributed by atoms with E-state index < -0.39 is 0 Å². The van der Waals surface area contributed by atoms with Gasteiger partial charge in [-0.25, -0.2) is 0 Å². The lowest BCUT2D eigenvalue weighted by atomic mass is 9.85. The van der Waals surface area contributed by atoms with Gasteiger partial charge in [0.1, 0.15) is 17.2 Å². The third-order valence-corrected chi connectivity index (χ3v) is 9.21.